The van der Waals surface area contributed by atoms with Crippen LogP contribution in [0.4, 0.5) is 0 Å². The summed E-state index contributed by atoms with van der Waals surface area (Å²) in [5.74, 6) is -0.415. The largest absolute Gasteiger partial charge is 0.459 e. The molecular weight excluding hydrogens is 210 g/mol. The second kappa shape index (κ2) is 4.31. The van der Waals surface area contributed by atoms with Crippen molar-refractivity contribution in [3.05, 3.63) is 16.1 Å². The summed E-state index contributed by atoms with van der Waals surface area (Å²) in [7, 11) is 0. The molecule has 0 aliphatic carbocycles. The molecule has 4 heteroatoms. The number of nitrogens with zero attached hydrogens (tertiary/aromatic N) is 1. The minimum atomic E-state index is -0.426. The maximum Gasteiger partial charge on any atom is 0.314 e. The standard InChI is InChI=1S/C11H17NO2S/c1-7(9-6-12-8(2)15-9)10(13)14-11(3,4)5/h6-7H,1-5H3. The van der Waals surface area contributed by atoms with Crippen molar-refractivity contribution in [1.82, 2.24) is 4.98 Å². The zero-order valence-corrected chi connectivity index (χ0v) is 10.6. The number of aryl methyl sites for hydroxylation is 1. The molecule has 0 spiro atoms. The maximum absolute atomic E-state index is 11.7. The summed E-state index contributed by atoms with van der Waals surface area (Å²) in [5.41, 5.74) is -0.426. The predicted octanol–water partition coefficient (Wildman–Crippen LogP) is 2.90. The Balaban J connectivity index is 2.69. The number of carbonyl (C=O) groups is 1. The van der Waals surface area contributed by atoms with Crippen LogP contribution in [0.25, 0.3) is 0 Å². The molecule has 0 amide bonds. The van der Waals surface area contributed by atoms with E-state index in [1.165, 1.54) is 11.3 Å². The average molecular weight is 227 g/mol. The van der Waals surface area contributed by atoms with E-state index < -0.39 is 5.60 Å². The number of esters is 1. The Kier molecular flexibility index (Phi) is 3.50. The van der Waals surface area contributed by atoms with Gasteiger partial charge in [0.25, 0.3) is 0 Å². The fraction of sp³-hybridized carbons (Fsp3) is 0.636. The van der Waals surface area contributed by atoms with Gasteiger partial charge in [-0.1, -0.05) is 0 Å². The molecule has 0 bridgehead atoms. The van der Waals surface area contributed by atoms with Gasteiger partial charge in [-0.05, 0) is 34.6 Å². The smallest absolute Gasteiger partial charge is 0.314 e. The fourth-order valence-corrected chi connectivity index (χ4v) is 1.91. The van der Waals surface area contributed by atoms with Gasteiger partial charge in [0.05, 0.1) is 10.9 Å². The van der Waals surface area contributed by atoms with Crippen LogP contribution in [0.1, 0.15) is 43.5 Å². The molecule has 1 rings (SSSR count). The lowest BCUT2D eigenvalue weighted by Crippen LogP contribution is -2.26. The summed E-state index contributed by atoms with van der Waals surface area (Å²) in [6.45, 7) is 9.39. The Bertz CT molecular complexity index is 352. The van der Waals surface area contributed by atoms with Crippen LogP contribution < -0.4 is 0 Å². The molecule has 0 saturated carbocycles. The van der Waals surface area contributed by atoms with Gasteiger partial charge in [-0.25, -0.2) is 4.98 Å². The van der Waals surface area contributed by atoms with Crippen LogP contribution >= 0.6 is 11.3 Å². The topological polar surface area (TPSA) is 39.2 Å². The van der Waals surface area contributed by atoms with Crippen molar-refractivity contribution in [1.29, 1.82) is 0 Å². The third-order valence-electron chi connectivity index (χ3n) is 1.83. The van der Waals surface area contributed by atoms with Gasteiger partial charge in [-0.15, -0.1) is 11.3 Å². The third-order valence-corrected chi connectivity index (χ3v) is 2.92. The van der Waals surface area contributed by atoms with E-state index in [1.54, 1.807) is 6.20 Å². The van der Waals surface area contributed by atoms with Crippen LogP contribution in [0.15, 0.2) is 6.20 Å². The van der Waals surface area contributed by atoms with E-state index in [1.807, 2.05) is 34.6 Å². The Labute approximate surface area is 94.5 Å². The normalized spacial score (nSPS) is 13.7. The summed E-state index contributed by atoms with van der Waals surface area (Å²) in [4.78, 5) is 16.8. The first-order chi connectivity index (χ1) is 6.79. The molecule has 0 aliphatic rings. The SMILES string of the molecule is Cc1ncc(C(C)C(=O)OC(C)(C)C)s1. The lowest BCUT2D eigenvalue weighted by molar-refractivity contribution is -0.156. The first-order valence-corrected chi connectivity index (χ1v) is 5.76. The van der Waals surface area contributed by atoms with E-state index in [0.29, 0.717) is 0 Å². The quantitative estimate of drug-likeness (QED) is 0.729. The van der Waals surface area contributed by atoms with Crippen LogP contribution in [0.2, 0.25) is 0 Å². The fourth-order valence-electron chi connectivity index (χ4n) is 1.08. The van der Waals surface area contributed by atoms with Crippen molar-refractivity contribution < 1.29 is 9.53 Å². The zero-order chi connectivity index (χ0) is 11.6. The molecule has 0 radical (unpaired) electrons. The van der Waals surface area contributed by atoms with Crippen molar-refractivity contribution in [3.63, 3.8) is 0 Å². The van der Waals surface area contributed by atoms with Crippen LogP contribution in [0.3, 0.4) is 0 Å². The molecule has 1 unspecified atom stereocenters. The maximum atomic E-state index is 11.7. The zero-order valence-electron chi connectivity index (χ0n) is 9.83. The van der Waals surface area contributed by atoms with Crippen LogP contribution in [-0.4, -0.2) is 16.6 Å². The predicted molar refractivity (Wildman–Crippen MR) is 61.1 cm³/mol. The summed E-state index contributed by atoms with van der Waals surface area (Å²) < 4.78 is 5.30. The first kappa shape index (κ1) is 12.2. The van der Waals surface area contributed by atoms with Crippen LogP contribution in [0.5, 0.6) is 0 Å². The number of carbonyl (C=O) groups excluding carboxylic acids is 1. The molecule has 0 saturated heterocycles. The van der Waals surface area contributed by atoms with Gasteiger partial charge in [0.2, 0.25) is 0 Å². The van der Waals surface area contributed by atoms with Gasteiger partial charge >= 0.3 is 5.97 Å². The molecule has 0 fully saturated rings. The van der Waals surface area contributed by atoms with Gasteiger partial charge in [0.1, 0.15) is 5.60 Å². The molecule has 1 aromatic heterocycles. The summed E-state index contributed by atoms with van der Waals surface area (Å²) >= 11 is 1.54. The van der Waals surface area contributed by atoms with Crippen LogP contribution in [0, 0.1) is 6.92 Å². The minimum absolute atomic E-state index is 0.189. The number of ether oxygens (including phenoxy) is 1. The third kappa shape index (κ3) is 3.63. The van der Waals surface area contributed by atoms with Crippen LogP contribution in [-0.2, 0) is 9.53 Å². The van der Waals surface area contributed by atoms with Gasteiger partial charge in [0.15, 0.2) is 0 Å². The lowest BCUT2D eigenvalue weighted by Gasteiger charge is -2.21. The Hall–Kier alpha value is -0.900. The lowest BCUT2D eigenvalue weighted by atomic mass is 10.1. The summed E-state index contributed by atoms with van der Waals surface area (Å²) in [5, 5.41) is 0.973. The van der Waals surface area contributed by atoms with E-state index in [-0.39, 0.29) is 11.9 Å². The highest BCUT2D eigenvalue weighted by molar-refractivity contribution is 7.11. The van der Waals surface area contributed by atoms with Crippen molar-refractivity contribution in [3.8, 4) is 0 Å². The van der Waals surface area contributed by atoms with Crippen molar-refractivity contribution in [2.24, 2.45) is 0 Å². The molecule has 15 heavy (non-hydrogen) atoms. The first-order valence-electron chi connectivity index (χ1n) is 4.95. The number of thiazole rings is 1. The Morgan fingerprint density at radius 3 is 2.53 bits per heavy atom. The Morgan fingerprint density at radius 1 is 1.53 bits per heavy atom. The molecule has 0 N–H and O–H groups in total. The molecule has 3 nitrogen and oxygen atoms in total. The molecule has 0 aromatic carbocycles. The van der Waals surface area contributed by atoms with Crippen molar-refractivity contribution in [2.45, 2.75) is 46.1 Å². The van der Waals surface area contributed by atoms with Gasteiger partial charge < -0.3 is 4.74 Å². The molecule has 0 aliphatic heterocycles. The number of aromatic nitrogens is 1. The van der Waals surface area contributed by atoms with E-state index in [2.05, 4.69) is 4.98 Å². The number of hydrogen-bond acceptors (Lipinski definition) is 4. The molecule has 1 heterocycles. The van der Waals surface area contributed by atoms with Gasteiger partial charge in [-0.3, -0.25) is 4.79 Å². The van der Waals surface area contributed by atoms with Crippen molar-refractivity contribution >= 4 is 17.3 Å². The van der Waals surface area contributed by atoms with Gasteiger partial charge in [-0.2, -0.15) is 0 Å². The molecule has 1 atom stereocenters. The average Bonchev–Trinajstić information content (AvgIpc) is 2.47. The number of rotatable bonds is 2. The highest BCUT2D eigenvalue weighted by Crippen LogP contribution is 2.24. The van der Waals surface area contributed by atoms with Gasteiger partial charge in [0, 0.05) is 11.1 Å². The Morgan fingerprint density at radius 2 is 2.13 bits per heavy atom. The molecule has 1 aromatic rings. The highest BCUT2D eigenvalue weighted by Gasteiger charge is 2.24. The van der Waals surface area contributed by atoms with E-state index in [4.69, 9.17) is 4.74 Å². The summed E-state index contributed by atoms with van der Waals surface area (Å²) in [6.07, 6.45) is 1.74. The summed E-state index contributed by atoms with van der Waals surface area (Å²) in [6, 6.07) is 0. The van der Waals surface area contributed by atoms with E-state index in [9.17, 15) is 4.79 Å². The molecule has 84 valence electrons. The van der Waals surface area contributed by atoms with E-state index >= 15 is 0 Å². The minimum Gasteiger partial charge on any atom is -0.459 e. The molecular formula is C11H17NO2S. The highest BCUT2D eigenvalue weighted by atomic mass is 32.1. The second-order valence-corrected chi connectivity index (χ2v) is 5.80. The number of hydrogen-bond donors (Lipinski definition) is 0. The monoisotopic (exact) mass is 227 g/mol. The van der Waals surface area contributed by atoms with Crippen molar-refractivity contribution in [2.75, 3.05) is 0 Å². The second-order valence-electron chi connectivity index (χ2n) is 4.54. The van der Waals surface area contributed by atoms with E-state index in [0.717, 1.165) is 9.88 Å².